The van der Waals surface area contributed by atoms with Crippen LogP contribution in [0, 0.1) is 6.92 Å². The Balaban J connectivity index is 1.51. The third kappa shape index (κ3) is 3.08. The van der Waals surface area contributed by atoms with E-state index in [1.54, 1.807) is 0 Å². The Labute approximate surface area is 163 Å². The normalized spacial score (nSPS) is 18.0. The molecule has 0 aromatic carbocycles. The lowest BCUT2D eigenvalue weighted by molar-refractivity contribution is 0.122. The van der Waals surface area contributed by atoms with E-state index in [2.05, 4.69) is 27.0 Å². The van der Waals surface area contributed by atoms with Gasteiger partial charge in [-0.3, -0.25) is 0 Å². The highest BCUT2D eigenvalue weighted by molar-refractivity contribution is 5.75. The summed E-state index contributed by atoms with van der Waals surface area (Å²) in [7, 11) is 0. The van der Waals surface area contributed by atoms with Crippen molar-refractivity contribution in [2.24, 2.45) is 0 Å². The van der Waals surface area contributed by atoms with E-state index in [9.17, 15) is 0 Å². The fraction of sp³-hybridized carbons (Fsp3) is 0.450. The smallest absolute Gasteiger partial charge is 0.178 e. The number of ether oxygens (including phenoxy) is 2. The Morgan fingerprint density at radius 2 is 1.61 bits per heavy atom. The van der Waals surface area contributed by atoms with Gasteiger partial charge >= 0.3 is 0 Å². The average molecular weight is 380 g/mol. The lowest BCUT2D eigenvalue weighted by Crippen LogP contribution is -2.36. The molecule has 2 fully saturated rings. The molecule has 5 heterocycles. The summed E-state index contributed by atoms with van der Waals surface area (Å²) in [5, 5.41) is 4.59. The van der Waals surface area contributed by atoms with Gasteiger partial charge in [-0.05, 0) is 25.1 Å². The number of anilines is 2. The molecule has 0 amide bonds. The van der Waals surface area contributed by atoms with E-state index in [-0.39, 0.29) is 0 Å². The molecule has 0 aliphatic carbocycles. The van der Waals surface area contributed by atoms with Gasteiger partial charge in [0.1, 0.15) is 5.82 Å². The molecule has 8 nitrogen and oxygen atoms in total. The van der Waals surface area contributed by atoms with E-state index in [1.165, 1.54) is 0 Å². The van der Waals surface area contributed by atoms with Crippen molar-refractivity contribution in [3.63, 3.8) is 0 Å². The van der Waals surface area contributed by atoms with Gasteiger partial charge in [0.05, 0.1) is 49.7 Å². The maximum atomic E-state index is 5.49. The van der Waals surface area contributed by atoms with Crippen molar-refractivity contribution < 1.29 is 9.47 Å². The number of nitrogens with zero attached hydrogens (tertiary/aromatic N) is 6. The number of pyridine rings is 1. The van der Waals surface area contributed by atoms with Crippen molar-refractivity contribution in [3.8, 4) is 11.3 Å². The molecule has 28 heavy (non-hydrogen) atoms. The maximum Gasteiger partial charge on any atom is 0.178 e. The number of imidazole rings is 1. The Hall–Kier alpha value is -2.71. The molecular weight excluding hydrogens is 356 g/mol. The number of morpholine rings is 2. The summed E-state index contributed by atoms with van der Waals surface area (Å²) in [6.07, 6.45) is 3.77. The summed E-state index contributed by atoms with van der Waals surface area (Å²) >= 11 is 0. The van der Waals surface area contributed by atoms with Gasteiger partial charge in [0.2, 0.25) is 0 Å². The minimum atomic E-state index is 0.744. The van der Waals surface area contributed by atoms with Crippen LogP contribution in [-0.4, -0.2) is 72.2 Å². The molecule has 3 aromatic heterocycles. The van der Waals surface area contributed by atoms with Gasteiger partial charge in [0.15, 0.2) is 5.65 Å². The Kier molecular flexibility index (Phi) is 4.58. The summed E-state index contributed by atoms with van der Waals surface area (Å²) in [6, 6.07) is 6.22. The van der Waals surface area contributed by atoms with Crippen molar-refractivity contribution in [3.05, 3.63) is 36.3 Å². The van der Waals surface area contributed by atoms with Gasteiger partial charge in [-0.15, -0.1) is 0 Å². The molecular formula is C20H24N6O2. The fourth-order valence-electron chi connectivity index (χ4n) is 3.93. The molecule has 0 spiro atoms. The van der Waals surface area contributed by atoms with Gasteiger partial charge in [-0.1, -0.05) is 0 Å². The Morgan fingerprint density at radius 1 is 0.893 bits per heavy atom. The predicted molar refractivity (Wildman–Crippen MR) is 107 cm³/mol. The van der Waals surface area contributed by atoms with Crippen LogP contribution in [0.4, 0.5) is 11.5 Å². The van der Waals surface area contributed by atoms with Gasteiger partial charge in [0, 0.05) is 37.9 Å². The molecule has 5 rings (SSSR count). The minimum Gasteiger partial charge on any atom is -0.378 e. The maximum absolute atomic E-state index is 5.49. The Morgan fingerprint density at radius 3 is 2.29 bits per heavy atom. The second-order valence-electron chi connectivity index (χ2n) is 7.10. The lowest BCUT2D eigenvalue weighted by atomic mass is 10.2. The summed E-state index contributed by atoms with van der Waals surface area (Å²) in [4.78, 5) is 14.1. The number of hydrogen-bond donors (Lipinski definition) is 0. The van der Waals surface area contributed by atoms with Crippen LogP contribution in [0.1, 0.15) is 5.69 Å². The molecule has 3 aromatic rings. The van der Waals surface area contributed by atoms with E-state index < -0.39 is 0 Å². The quantitative estimate of drug-likeness (QED) is 0.686. The Bertz CT molecular complexity index is 959. The third-order valence-corrected chi connectivity index (χ3v) is 5.38. The van der Waals surface area contributed by atoms with Crippen LogP contribution in [0.5, 0.6) is 0 Å². The first-order chi connectivity index (χ1) is 13.8. The highest BCUT2D eigenvalue weighted by Gasteiger charge is 2.20. The number of aryl methyl sites for hydroxylation is 1. The molecule has 2 saturated heterocycles. The number of hydrogen-bond acceptors (Lipinski definition) is 7. The monoisotopic (exact) mass is 380 g/mol. The third-order valence-electron chi connectivity index (χ3n) is 5.38. The zero-order chi connectivity index (χ0) is 18.9. The summed E-state index contributed by atoms with van der Waals surface area (Å²) in [6.45, 7) is 8.53. The van der Waals surface area contributed by atoms with Crippen LogP contribution in [0.3, 0.4) is 0 Å². The van der Waals surface area contributed by atoms with Crippen molar-refractivity contribution in [2.75, 3.05) is 62.4 Å². The van der Waals surface area contributed by atoms with Crippen LogP contribution < -0.4 is 9.80 Å². The summed E-state index contributed by atoms with van der Waals surface area (Å²) in [5.74, 6) is 0.987. The molecule has 0 unspecified atom stereocenters. The van der Waals surface area contributed by atoms with E-state index in [1.807, 2.05) is 29.9 Å². The molecule has 8 heteroatoms. The molecule has 0 N–H and O–H groups in total. The number of rotatable bonds is 3. The first-order valence-electron chi connectivity index (χ1n) is 9.77. The summed E-state index contributed by atoms with van der Waals surface area (Å²) < 4.78 is 12.9. The second kappa shape index (κ2) is 7.37. The van der Waals surface area contributed by atoms with Gasteiger partial charge in [-0.25, -0.2) is 14.5 Å². The van der Waals surface area contributed by atoms with Gasteiger partial charge in [-0.2, -0.15) is 5.10 Å². The lowest BCUT2D eigenvalue weighted by Gasteiger charge is -2.28. The van der Waals surface area contributed by atoms with Crippen LogP contribution in [0.25, 0.3) is 16.9 Å². The predicted octanol–water partition coefficient (Wildman–Crippen LogP) is 1.77. The standard InChI is InChI=1S/C20H24N6O2/c1-15-19(16-2-3-18(21-14-16)25-8-12-28-13-9-25)26-20(23-15)17(4-5-22-26)24-6-10-27-11-7-24/h2-5,14H,6-13H2,1H3. The molecule has 2 aliphatic heterocycles. The average Bonchev–Trinajstić information content (AvgIpc) is 3.11. The minimum absolute atomic E-state index is 0.744. The molecule has 146 valence electrons. The summed E-state index contributed by atoms with van der Waals surface area (Å²) in [5.41, 5.74) is 4.95. The van der Waals surface area contributed by atoms with Gasteiger partial charge in [0.25, 0.3) is 0 Å². The SMILES string of the molecule is Cc1nc2c(N3CCOCC3)ccnn2c1-c1ccc(N2CCOCC2)nc1. The van der Waals surface area contributed by atoms with E-state index in [0.29, 0.717) is 0 Å². The highest BCUT2D eigenvalue weighted by Crippen LogP contribution is 2.29. The second-order valence-corrected chi connectivity index (χ2v) is 7.10. The number of fused-ring (bicyclic) bond motifs is 1. The fourth-order valence-corrected chi connectivity index (χ4v) is 3.93. The van der Waals surface area contributed by atoms with E-state index in [0.717, 1.165) is 86.7 Å². The van der Waals surface area contributed by atoms with E-state index in [4.69, 9.17) is 19.4 Å². The zero-order valence-electron chi connectivity index (χ0n) is 16.0. The molecule has 0 atom stereocenters. The number of aromatic nitrogens is 4. The topological polar surface area (TPSA) is 68.0 Å². The first kappa shape index (κ1) is 17.4. The molecule has 0 saturated carbocycles. The van der Waals surface area contributed by atoms with Crippen molar-refractivity contribution in [1.82, 2.24) is 19.6 Å². The van der Waals surface area contributed by atoms with Crippen LogP contribution in [0.15, 0.2) is 30.6 Å². The van der Waals surface area contributed by atoms with E-state index >= 15 is 0 Å². The van der Waals surface area contributed by atoms with Crippen molar-refractivity contribution in [2.45, 2.75) is 6.92 Å². The zero-order valence-corrected chi connectivity index (χ0v) is 16.0. The molecule has 2 aliphatic rings. The van der Waals surface area contributed by atoms with Crippen molar-refractivity contribution >= 4 is 17.2 Å². The highest BCUT2D eigenvalue weighted by atomic mass is 16.5. The van der Waals surface area contributed by atoms with Crippen LogP contribution in [0.2, 0.25) is 0 Å². The van der Waals surface area contributed by atoms with Gasteiger partial charge < -0.3 is 19.3 Å². The van der Waals surface area contributed by atoms with Crippen LogP contribution >= 0.6 is 0 Å². The first-order valence-corrected chi connectivity index (χ1v) is 9.77. The largest absolute Gasteiger partial charge is 0.378 e. The van der Waals surface area contributed by atoms with Crippen LogP contribution in [-0.2, 0) is 9.47 Å². The molecule has 0 radical (unpaired) electrons. The van der Waals surface area contributed by atoms with Crippen molar-refractivity contribution in [1.29, 1.82) is 0 Å². The molecule has 0 bridgehead atoms.